The van der Waals surface area contributed by atoms with Crippen molar-refractivity contribution in [2.75, 3.05) is 0 Å². The highest BCUT2D eigenvalue weighted by atomic mass is 14.0. The van der Waals surface area contributed by atoms with Crippen LogP contribution in [-0.2, 0) is 6.42 Å². The maximum Gasteiger partial charge on any atom is -0.0181 e. The average Bonchev–Trinajstić information content (AvgIpc) is 2.73. The fourth-order valence-electron chi connectivity index (χ4n) is 3.97. The van der Waals surface area contributed by atoms with Crippen molar-refractivity contribution in [3.05, 3.63) is 60.2 Å². The molecule has 0 radical (unpaired) electrons. The maximum absolute atomic E-state index is 2.41. The number of allylic oxidation sites excluding steroid dienone is 2. The molecule has 0 aliphatic rings. The van der Waals surface area contributed by atoms with Crippen molar-refractivity contribution in [1.82, 2.24) is 0 Å². The molecule has 0 N–H and O–H groups in total. The second-order valence-electron chi connectivity index (χ2n) is 8.37. The van der Waals surface area contributed by atoms with Crippen molar-refractivity contribution in [2.24, 2.45) is 0 Å². The molecule has 0 heteroatoms. The number of fused-ring (bicyclic) bond motifs is 1. The summed E-state index contributed by atoms with van der Waals surface area (Å²) in [5.74, 6) is 0. The molecule has 0 aliphatic heterocycles. The molecule has 0 amide bonds. The Kier molecular flexibility index (Phi) is 12.5. The fraction of sp³-hybridized carbons (Fsp3) is 0.571. The number of aryl methyl sites for hydroxylation is 1. The van der Waals surface area contributed by atoms with Gasteiger partial charge in [-0.1, -0.05) is 119 Å². The van der Waals surface area contributed by atoms with Crippen LogP contribution in [0.1, 0.15) is 102 Å². The molecule has 0 bridgehead atoms. The van der Waals surface area contributed by atoms with E-state index in [1.54, 1.807) is 0 Å². The summed E-state index contributed by atoms with van der Waals surface area (Å²) in [4.78, 5) is 0. The van der Waals surface area contributed by atoms with E-state index in [-0.39, 0.29) is 0 Å². The van der Waals surface area contributed by atoms with E-state index in [2.05, 4.69) is 61.5 Å². The summed E-state index contributed by atoms with van der Waals surface area (Å²) in [5, 5.41) is 2.74. The molecule has 28 heavy (non-hydrogen) atoms. The van der Waals surface area contributed by atoms with Crippen LogP contribution in [0.4, 0.5) is 0 Å². The Balaban J connectivity index is 1.38. The summed E-state index contributed by atoms with van der Waals surface area (Å²) in [5.41, 5.74) is 1.50. The fourth-order valence-corrected chi connectivity index (χ4v) is 3.97. The summed E-state index contributed by atoms with van der Waals surface area (Å²) in [6.07, 6.45) is 25.4. The van der Waals surface area contributed by atoms with Gasteiger partial charge < -0.3 is 0 Å². The van der Waals surface area contributed by atoms with Gasteiger partial charge in [0.05, 0.1) is 0 Å². The maximum atomic E-state index is 2.41. The topological polar surface area (TPSA) is 0 Å². The number of hydrogen-bond acceptors (Lipinski definition) is 0. The minimum Gasteiger partial charge on any atom is -0.0885 e. The lowest BCUT2D eigenvalue weighted by Gasteiger charge is -2.05. The van der Waals surface area contributed by atoms with Gasteiger partial charge in [-0.15, -0.1) is 0 Å². The highest BCUT2D eigenvalue weighted by Gasteiger charge is 1.97. The molecule has 0 nitrogen and oxygen atoms in total. The summed E-state index contributed by atoms with van der Waals surface area (Å²) in [6, 6.07) is 15.6. The van der Waals surface area contributed by atoms with Crippen LogP contribution in [0.3, 0.4) is 0 Å². The third kappa shape index (κ3) is 10.1. The van der Waals surface area contributed by atoms with Gasteiger partial charge in [0.2, 0.25) is 0 Å². The van der Waals surface area contributed by atoms with Crippen LogP contribution in [0.2, 0.25) is 0 Å². The second kappa shape index (κ2) is 15.4. The van der Waals surface area contributed by atoms with E-state index in [1.165, 1.54) is 113 Å². The van der Waals surface area contributed by atoms with Crippen LogP contribution in [0.15, 0.2) is 54.6 Å². The molecule has 154 valence electrons. The molecule has 2 aromatic carbocycles. The molecule has 2 rings (SSSR count). The third-order valence-electron chi connectivity index (χ3n) is 5.79. The Morgan fingerprint density at radius 1 is 0.571 bits per heavy atom. The first-order chi connectivity index (χ1) is 13.9. The van der Waals surface area contributed by atoms with E-state index < -0.39 is 0 Å². The Morgan fingerprint density at radius 2 is 1.14 bits per heavy atom. The largest absolute Gasteiger partial charge is 0.0885 e. The minimum absolute atomic E-state index is 1.23. The summed E-state index contributed by atoms with van der Waals surface area (Å²) in [6.45, 7) is 2.27. The second-order valence-corrected chi connectivity index (χ2v) is 8.37. The molecule has 0 fully saturated rings. The van der Waals surface area contributed by atoms with Gasteiger partial charge in [-0.05, 0) is 54.9 Å². The van der Waals surface area contributed by atoms with E-state index in [4.69, 9.17) is 0 Å². The molecule has 0 heterocycles. The SMILES string of the molecule is CCCCC/C=C/CCCCCCCCCCCc1ccc2ccccc2c1. The van der Waals surface area contributed by atoms with E-state index in [1.807, 2.05) is 0 Å². The minimum atomic E-state index is 1.23. The summed E-state index contributed by atoms with van der Waals surface area (Å²) >= 11 is 0. The molecule has 0 saturated heterocycles. The lowest BCUT2D eigenvalue weighted by molar-refractivity contribution is 0.560. The zero-order valence-corrected chi connectivity index (χ0v) is 18.3. The Labute approximate surface area is 174 Å². The highest BCUT2D eigenvalue weighted by Crippen LogP contribution is 2.18. The number of rotatable bonds is 16. The zero-order chi connectivity index (χ0) is 19.7. The molecule has 2 aromatic rings. The summed E-state index contributed by atoms with van der Waals surface area (Å²) in [7, 11) is 0. The Morgan fingerprint density at radius 3 is 1.82 bits per heavy atom. The van der Waals surface area contributed by atoms with Crippen LogP contribution in [0.25, 0.3) is 10.8 Å². The van der Waals surface area contributed by atoms with Gasteiger partial charge in [0.1, 0.15) is 0 Å². The van der Waals surface area contributed by atoms with Crippen molar-refractivity contribution in [2.45, 2.75) is 103 Å². The zero-order valence-electron chi connectivity index (χ0n) is 18.3. The number of benzene rings is 2. The normalized spacial score (nSPS) is 11.6. The third-order valence-corrected chi connectivity index (χ3v) is 5.79. The quantitative estimate of drug-likeness (QED) is 0.201. The van der Waals surface area contributed by atoms with Gasteiger partial charge >= 0.3 is 0 Å². The molecule has 0 aromatic heterocycles. The van der Waals surface area contributed by atoms with Gasteiger partial charge in [-0.3, -0.25) is 0 Å². The molecule has 0 aliphatic carbocycles. The Hall–Kier alpha value is -1.56. The van der Waals surface area contributed by atoms with E-state index in [0.717, 1.165) is 0 Å². The van der Waals surface area contributed by atoms with E-state index in [9.17, 15) is 0 Å². The van der Waals surface area contributed by atoms with Gasteiger partial charge in [-0.25, -0.2) is 0 Å². The van der Waals surface area contributed by atoms with Crippen LogP contribution in [0.5, 0.6) is 0 Å². The molecule has 0 atom stereocenters. The molecule has 0 unspecified atom stereocenters. The smallest absolute Gasteiger partial charge is 0.0181 e. The monoisotopic (exact) mass is 378 g/mol. The van der Waals surface area contributed by atoms with Crippen LogP contribution in [0, 0.1) is 0 Å². The summed E-state index contributed by atoms with van der Waals surface area (Å²) < 4.78 is 0. The van der Waals surface area contributed by atoms with Crippen molar-refractivity contribution in [1.29, 1.82) is 0 Å². The molecular formula is C28H42. The van der Waals surface area contributed by atoms with Crippen molar-refractivity contribution < 1.29 is 0 Å². The number of hydrogen-bond donors (Lipinski definition) is 0. The highest BCUT2D eigenvalue weighted by molar-refractivity contribution is 5.82. The molecular weight excluding hydrogens is 336 g/mol. The molecule has 0 saturated carbocycles. The van der Waals surface area contributed by atoms with Crippen LogP contribution in [-0.4, -0.2) is 0 Å². The van der Waals surface area contributed by atoms with Gasteiger partial charge in [0, 0.05) is 0 Å². The standard InChI is InChI=1S/C28H42/c1-2-3-4-5-6-7-8-9-10-11-12-13-14-15-16-17-20-26-23-24-27-21-18-19-22-28(27)25-26/h6-7,18-19,21-25H,2-5,8-17,20H2,1H3/b7-6+. The van der Waals surface area contributed by atoms with Crippen molar-refractivity contribution in [3.8, 4) is 0 Å². The number of unbranched alkanes of at least 4 members (excludes halogenated alkanes) is 12. The lowest BCUT2D eigenvalue weighted by Crippen LogP contribution is -1.87. The van der Waals surface area contributed by atoms with Gasteiger partial charge in [-0.2, -0.15) is 0 Å². The van der Waals surface area contributed by atoms with E-state index in [0.29, 0.717) is 0 Å². The van der Waals surface area contributed by atoms with E-state index >= 15 is 0 Å². The predicted octanol–water partition coefficient (Wildman–Crippen LogP) is 9.42. The first-order valence-corrected chi connectivity index (χ1v) is 12.0. The van der Waals surface area contributed by atoms with Crippen molar-refractivity contribution in [3.63, 3.8) is 0 Å². The molecule has 0 spiro atoms. The average molecular weight is 379 g/mol. The first kappa shape index (κ1) is 22.7. The predicted molar refractivity (Wildman–Crippen MR) is 127 cm³/mol. The lowest BCUT2D eigenvalue weighted by atomic mass is 10.0. The van der Waals surface area contributed by atoms with Gasteiger partial charge in [0.15, 0.2) is 0 Å². The van der Waals surface area contributed by atoms with Crippen LogP contribution >= 0.6 is 0 Å². The van der Waals surface area contributed by atoms with Crippen LogP contribution < -0.4 is 0 Å². The Bertz CT molecular complexity index is 652. The van der Waals surface area contributed by atoms with Gasteiger partial charge in [0.25, 0.3) is 0 Å². The van der Waals surface area contributed by atoms with Crippen molar-refractivity contribution >= 4 is 10.8 Å². The first-order valence-electron chi connectivity index (χ1n) is 12.0.